The maximum absolute atomic E-state index is 12.6. The van der Waals surface area contributed by atoms with Gasteiger partial charge in [0.1, 0.15) is 6.07 Å². The first kappa shape index (κ1) is 11.6. The van der Waals surface area contributed by atoms with Gasteiger partial charge in [-0.2, -0.15) is 5.26 Å². The third kappa shape index (κ3) is 1.29. The highest BCUT2D eigenvalue weighted by Gasteiger charge is 2.62. The Hall–Kier alpha value is -2.19. The van der Waals surface area contributed by atoms with Crippen molar-refractivity contribution in [2.75, 3.05) is 4.90 Å². The Kier molecular flexibility index (Phi) is 2.27. The van der Waals surface area contributed by atoms with Crippen LogP contribution in [-0.4, -0.2) is 24.0 Å². The van der Waals surface area contributed by atoms with Crippen molar-refractivity contribution in [2.45, 2.75) is 25.0 Å². The highest BCUT2D eigenvalue weighted by atomic mass is 16.5. The lowest BCUT2D eigenvalue weighted by molar-refractivity contribution is -0.124. The average Bonchev–Trinajstić information content (AvgIpc) is 3.13. The van der Waals surface area contributed by atoms with Crippen LogP contribution in [0.15, 0.2) is 24.3 Å². The Morgan fingerprint density at radius 2 is 1.70 bits per heavy atom. The number of para-hydroxylation sites is 1. The van der Waals surface area contributed by atoms with Crippen molar-refractivity contribution in [1.29, 1.82) is 5.26 Å². The van der Waals surface area contributed by atoms with Crippen molar-refractivity contribution in [1.82, 2.24) is 0 Å². The van der Waals surface area contributed by atoms with Gasteiger partial charge >= 0.3 is 0 Å². The Balaban J connectivity index is 1.79. The molecular formula is C15H12N2O3. The van der Waals surface area contributed by atoms with E-state index in [1.165, 1.54) is 4.90 Å². The van der Waals surface area contributed by atoms with E-state index in [4.69, 9.17) is 10.00 Å². The van der Waals surface area contributed by atoms with E-state index in [1.807, 2.05) is 6.07 Å². The predicted molar refractivity (Wildman–Crippen MR) is 68.5 cm³/mol. The number of fused-ring (bicyclic) bond motifs is 5. The Bertz CT molecular complexity index is 635. The minimum Gasteiger partial charge on any atom is -0.373 e. The molecule has 2 amide bonds. The molecule has 4 atom stereocenters. The molecule has 4 rings (SSSR count). The number of nitriles is 1. The number of ether oxygens (including phenoxy) is 1. The summed E-state index contributed by atoms with van der Waals surface area (Å²) in [7, 11) is 0. The van der Waals surface area contributed by atoms with Gasteiger partial charge in [0, 0.05) is 0 Å². The molecule has 0 N–H and O–H groups in total. The number of amides is 2. The predicted octanol–water partition coefficient (Wildman–Crippen LogP) is 1.23. The van der Waals surface area contributed by atoms with Gasteiger partial charge < -0.3 is 4.74 Å². The molecule has 4 unspecified atom stereocenters. The van der Waals surface area contributed by atoms with Crippen LogP contribution in [0.3, 0.4) is 0 Å². The fourth-order valence-corrected chi connectivity index (χ4v) is 3.71. The third-order valence-electron chi connectivity index (χ3n) is 4.55. The summed E-state index contributed by atoms with van der Waals surface area (Å²) >= 11 is 0. The summed E-state index contributed by atoms with van der Waals surface area (Å²) in [6.07, 6.45) is 1.44. The van der Waals surface area contributed by atoms with E-state index >= 15 is 0 Å². The first-order valence-electron chi connectivity index (χ1n) is 6.75. The Morgan fingerprint density at radius 1 is 1.10 bits per heavy atom. The number of hydrogen-bond donors (Lipinski definition) is 0. The zero-order valence-corrected chi connectivity index (χ0v) is 10.7. The van der Waals surface area contributed by atoms with Crippen molar-refractivity contribution < 1.29 is 14.3 Å². The molecule has 3 aliphatic rings. The lowest BCUT2D eigenvalue weighted by atomic mass is 9.81. The SMILES string of the molecule is N#Cc1ccccc1N1C(=O)C2C3CCC(O3)C2C1=O. The second kappa shape index (κ2) is 3.90. The van der Waals surface area contributed by atoms with Crippen LogP contribution in [0.4, 0.5) is 5.69 Å². The number of hydrogen-bond acceptors (Lipinski definition) is 4. The fraction of sp³-hybridized carbons (Fsp3) is 0.400. The number of anilines is 1. The van der Waals surface area contributed by atoms with Gasteiger partial charge in [0.05, 0.1) is 35.3 Å². The van der Waals surface area contributed by atoms with E-state index < -0.39 is 0 Å². The van der Waals surface area contributed by atoms with Gasteiger partial charge in [-0.25, -0.2) is 4.90 Å². The molecule has 3 saturated heterocycles. The van der Waals surface area contributed by atoms with Crippen LogP contribution < -0.4 is 4.90 Å². The highest BCUT2D eigenvalue weighted by molar-refractivity contribution is 6.23. The molecule has 5 heteroatoms. The van der Waals surface area contributed by atoms with Gasteiger partial charge in [-0.1, -0.05) is 12.1 Å². The monoisotopic (exact) mass is 268 g/mol. The van der Waals surface area contributed by atoms with Crippen molar-refractivity contribution in [3.63, 3.8) is 0 Å². The quantitative estimate of drug-likeness (QED) is 0.718. The summed E-state index contributed by atoms with van der Waals surface area (Å²) in [6, 6.07) is 8.77. The van der Waals surface area contributed by atoms with Gasteiger partial charge in [-0.05, 0) is 25.0 Å². The normalized spacial score (nSPS) is 34.5. The van der Waals surface area contributed by atoms with Crippen LogP contribution in [0.25, 0.3) is 0 Å². The van der Waals surface area contributed by atoms with Crippen LogP contribution in [0.1, 0.15) is 18.4 Å². The third-order valence-corrected chi connectivity index (χ3v) is 4.55. The topological polar surface area (TPSA) is 70.4 Å². The van der Waals surface area contributed by atoms with E-state index in [0.717, 1.165) is 12.8 Å². The van der Waals surface area contributed by atoms with Crippen LogP contribution >= 0.6 is 0 Å². The number of benzene rings is 1. The molecule has 2 bridgehead atoms. The van der Waals surface area contributed by atoms with Crippen molar-refractivity contribution >= 4 is 17.5 Å². The summed E-state index contributed by atoms with van der Waals surface area (Å²) in [5.41, 5.74) is 0.751. The van der Waals surface area contributed by atoms with E-state index in [0.29, 0.717) is 11.3 Å². The van der Waals surface area contributed by atoms with Gasteiger partial charge in [0.25, 0.3) is 0 Å². The van der Waals surface area contributed by atoms with Crippen molar-refractivity contribution in [3.8, 4) is 6.07 Å². The van der Waals surface area contributed by atoms with E-state index in [9.17, 15) is 9.59 Å². The molecule has 0 spiro atoms. The number of imide groups is 1. The lowest BCUT2D eigenvalue weighted by Gasteiger charge is -2.18. The van der Waals surface area contributed by atoms with E-state index in [2.05, 4.69) is 0 Å². The molecule has 0 radical (unpaired) electrons. The fourth-order valence-electron chi connectivity index (χ4n) is 3.71. The molecule has 3 aliphatic heterocycles. The second-order valence-electron chi connectivity index (χ2n) is 5.48. The summed E-state index contributed by atoms with van der Waals surface area (Å²) in [5, 5.41) is 9.15. The van der Waals surface area contributed by atoms with Crippen molar-refractivity contribution in [3.05, 3.63) is 29.8 Å². The molecule has 20 heavy (non-hydrogen) atoms. The summed E-state index contributed by atoms with van der Waals surface area (Å²) < 4.78 is 5.69. The minimum atomic E-state index is -0.354. The second-order valence-corrected chi connectivity index (χ2v) is 5.48. The van der Waals surface area contributed by atoms with Gasteiger partial charge in [0.2, 0.25) is 11.8 Å². The van der Waals surface area contributed by atoms with E-state index in [-0.39, 0.29) is 35.9 Å². The standard InChI is InChI=1S/C15H12N2O3/c16-7-8-3-1-2-4-9(8)17-14(18)12-10-5-6-11(20-10)13(12)15(17)19/h1-4,10-13H,5-6H2. The molecule has 0 aliphatic carbocycles. The lowest BCUT2D eigenvalue weighted by Crippen LogP contribution is -2.34. The zero-order valence-electron chi connectivity index (χ0n) is 10.7. The maximum Gasteiger partial charge on any atom is 0.240 e. The molecule has 1 aromatic carbocycles. The molecule has 0 aromatic heterocycles. The Labute approximate surface area is 115 Å². The molecule has 3 heterocycles. The average molecular weight is 268 g/mol. The summed E-state index contributed by atoms with van der Waals surface area (Å²) in [6.45, 7) is 0. The summed E-state index contributed by atoms with van der Waals surface area (Å²) in [5.74, 6) is -1.13. The smallest absolute Gasteiger partial charge is 0.240 e. The Morgan fingerprint density at radius 3 is 2.30 bits per heavy atom. The number of carbonyl (C=O) groups is 2. The molecular weight excluding hydrogens is 256 g/mol. The minimum absolute atomic E-state index is 0.124. The number of carbonyl (C=O) groups excluding carboxylic acids is 2. The molecule has 5 nitrogen and oxygen atoms in total. The maximum atomic E-state index is 12.6. The van der Waals surface area contributed by atoms with Crippen LogP contribution in [0, 0.1) is 23.2 Å². The molecule has 3 fully saturated rings. The molecule has 0 saturated carbocycles. The molecule has 1 aromatic rings. The number of rotatable bonds is 1. The van der Waals surface area contributed by atoms with Crippen LogP contribution in [0.5, 0.6) is 0 Å². The van der Waals surface area contributed by atoms with Crippen molar-refractivity contribution in [2.24, 2.45) is 11.8 Å². The summed E-state index contributed by atoms with van der Waals surface area (Å²) in [4.78, 5) is 26.3. The van der Waals surface area contributed by atoms with Gasteiger partial charge in [0.15, 0.2) is 0 Å². The first-order chi connectivity index (χ1) is 9.72. The largest absolute Gasteiger partial charge is 0.373 e. The van der Waals surface area contributed by atoms with Crippen LogP contribution in [0.2, 0.25) is 0 Å². The first-order valence-corrected chi connectivity index (χ1v) is 6.75. The number of nitrogens with zero attached hydrogens (tertiary/aromatic N) is 2. The highest BCUT2D eigenvalue weighted by Crippen LogP contribution is 2.49. The molecule has 100 valence electrons. The van der Waals surface area contributed by atoms with E-state index in [1.54, 1.807) is 24.3 Å². The zero-order chi connectivity index (χ0) is 13.9. The van der Waals surface area contributed by atoms with Gasteiger partial charge in [-0.3, -0.25) is 9.59 Å². The van der Waals surface area contributed by atoms with Gasteiger partial charge in [-0.15, -0.1) is 0 Å². The van der Waals surface area contributed by atoms with Crippen LogP contribution in [-0.2, 0) is 14.3 Å².